The number of halogens is 4. The highest BCUT2D eigenvalue weighted by Gasteiger charge is 2.39. The lowest BCUT2D eigenvalue weighted by molar-refractivity contribution is -0.0475. The Morgan fingerprint density at radius 2 is 1.26 bits per heavy atom. The molecular weight excluding hydrogens is 680 g/mol. The highest BCUT2D eigenvalue weighted by Crippen LogP contribution is 2.33. The van der Waals surface area contributed by atoms with Crippen LogP contribution in [-0.4, -0.2) is 51.6 Å². The highest BCUT2D eigenvalue weighted by molar-refractivity contribution is 7.87. The summed E-state index contributed by atoms with van der Waals surface area (Å²) in [6.07, 6.45) is -6.13. The lowest BCUT2D eigenvalue weighted by Gasteiger charge is -2.27. The second-order valence-corrected chi connectivity index (χ2v) is 12.8. The second kappa shape index (κ2) is 14.1. The maximum Gasteiger partial charge on any atom is 0.338 e. The van der Waals surface area contributed by atoms with Gasteiger partial charge in [-0.2, -0.15) is 8.42 Å². The first-order chi connectivity index (χ1) is 22.0. The van der Waals surface area contributed by atoms with E-state index in [1.165, 1.54) is 18.2 Å². The van der Waals surface area contributed by atoms with Gasteiger partial charge in [0.2, 0.25) is 0 Å². The summed E-state index contributed by atoms with van der Waals surface area (Å²) in [5.74, 6) is -1.94. The summed E-state index contributed by atoms with van der Waals surface area (Å²) in [6.45, 7) is -0.909. The topological polar surface area (TPSA) is 120 Å². The molecule has 0 heterocycles. The molecule has 8 nitrogen and oxygen atoms in total. The summed E-state index contributed by atoms with van der Waals surface area (Å²) in [5.41, 5.74) is 0.129. The molecule has 0 unspecified atom stereocenters. The third kappa shape index (κ3) is 7.49. The number of hydrogen-bond acceptors (Lipinski definition) is 8. The lowest BCUT2D eigenvalue weighted by atomic mass is 10.1. The molecule has 0 aromatic heterocycles. The first kappa shape index (κ1) is 33.3. The second-order valence-electron chi connectivity index (χ2n) is 9.99. The van der Waals surface area contributed by atoms with Crippen LogP contribution in [0.3, 0.4) is 0 Å². The van der Waals surface area contributed by atoms with Crippen LogP contribution in [0.1, 0.15) is 20.7 Å². The molecule has 0 saturated heterocycles. The van der Waals surface area contributed by atoms with Gasteiger partial charge in [0.05, 0.1) is 26.2 Å². The zero-order valence-electron chi connectivity index (χ0n) is 23.5. The molecule has 13 heteroatoms. The van der Waals surface area contributed by atoms with Gasteiger partial charge in [0.15, 0.2) is 18.4 Å². The molecular formula is C33H23Cl3FNO7S. The number of nitrogens with one attached hydrogen (secondary N) is 1. The summed E-state index contributed by atoms with van der Waals surface area (Å²) in [7, 11) is -4.89. The highest BCUT2D eigenvalue weighted by atomic mass is 35.5. The van der Waals surface area contributed by atoms with Crippen molar-refractivity contribution in [3.63, 3.8) is 0 Å². The van der Waals surface area contributed by atoms with Crippen LogP contribution in [0.25, 0.3) is 21.5 Å². The van der Waals surface area contributed by atoms with E-state index in [-0.39, 0.29) is 26.2 Å². The van der Waals surface area contributed by atoms with Gasteiger partial charge in [-0.15, -0.1) is 0 Å². The molecule has 0 aliphatic carbocycles. The maximum absolute atomic E-state index is 15.4. The van der Waals surface area contributed by atoms with Gasteiger partial charge in [-0.1, -0.05) is 95.5 Å². The van der Waals surface area contributed by atoms with Gasteiger partial charge in [-0.05, 0) is 57.9 Å². The number of ether oxygens (including phenoxy) is 2. The third-order valence-electron chi connectivity index (χ3n) is 6.93. The van der Waals surface area contributed by atoms with Gasteiger partial charge in [0, 0.05) is 6.21 Å². The molecule has 0 aliphatic rings. The Labute approximate surface area is 278 Å². The fourth-order valence-corrected chi connectivity index (χ4v) is 6.64. The van der Waals surface area contributed by atoms with Crippen LogP contribution in [0, 0.1) is 5.41 Å². The minimum atomic E-state index is -4.89. The van der Waals surface area contributed by atoms with Crippen molar-refractivity contribution in [2.45, 2.75) is 23.3 Å². The van der Waals surface area contributed by atoms with Crippen LogP contribution in [0.2, 0.25) is 15.1 Å². The number of fused-ring (bicyclic) bond motifs is 2. The van der Waals surface area contributed by atoms with Crippen LogP contribution in [0.4, 0.5) is 4.39 Å². The first-order valence-electron chi connectivity index (χ1n) is 13.5. The molecule has 0 spiro atoms. The van der Waals surface area contributed by atoms with E-state index in [4.69, 9.17) is 53.9 Å². The molecule has 0 aliphatic heterocycles. The summed E-state index contributed by atoms with van der Waals surface area (Å²) in [5, 5.41) is 10.1. The number of carbonyl (C=O) groups excluding carboxylic acids is 2. The molecule has 5 rings (SSSR count). The van der Waals surface area contributed by atoms with Crippen molar-refractivity contribution in [1.29, 1.82) is 5.41 Å². The van der Waals surface area contributed by atoms with Crippen LogP contribution in [-0.2, 0) is 23.8 Å². The van der Waals surface area contributed by atoms with Crippen molar-refractivity contribution in [2.75, 3.05) is 6.61 Å². The molecule has 0 saturated carbocycles. The molecule has 0 radical (unpaired) electrons. The number of hydrogen-bond donors (Lipinski definition) is 1. The number of carbonyl (C=O) groups is 2. The fraction of sp³-hybridized carbons (Fsp3) is 0.121. The zero-order valence-corrected chi connectivity index (χ0v) is 26.6. The Morgan fingerprint density at radius 3 is 1.83 bits per heavy atom. The van der Waals surface area contributed by atoms with Crippen LogP contribution < -0.4 is 0 Å². The van der Waals surface area contributed by atoms with Crippen molar-refractivity contribution in [1.82, 2.24) is 0 Å². The Balaban J connectivity index is 1.47. The molecule has 0 amide bonds. The number of rotatable bonds is 11. The lowest BCUT2D eigenvalue weighted by Crippen LogP contribution is -2.45. The van der Waals surface area contributed by atoms with Crippen LogP contribution in [0.5, 0.6) is 0 Å². The van der Waals surface area contributed by atoms with Crippen molar-refractivity contribution in [3.8, 4) is 0 Å². The normalized spacial score (nSPS) is 13.6. The van der Waals surface area contributed by atoms with Crippen molar-refractivity contribution in [2.24, 2.45) is 0 Å². The molecule has 0 fully saturated rings. The molecule has 5 aromatic carbocycles. The average molecular weight is 703 g/mol. The molecule has 3 atom stereocenters. The van der Waals surface area contributed by atoms with Crippen LogP contribution in [0.15, 0.2) is 102 Å². The Kier molecular flexibility index (Phi) is 10.2. The SMILES string of the molecule is N=C[C@@H](F)[C@H](OC(=O)c1ccc2ccccc2c1)[C@@H](COC(=O)c1ccc2ccccc2c1)OS(=O)(=O)c1cc(Cl)c(Cl)cc1Cl. The van der Waals surface area contributed by atoms with Crippen molar-refractivity contribution >= 4 is 84.6 Å². The largest absolute Gasteiger partial charge is 0.459 e. The summed E-state index contributed by atoms with van der Waals surface area (Å²) in [4.78, 5) is 25.7. The molecule has 0 bridgehead atoms. The number of esters is 2. The standard InChI is InChI=1S/C33H23Cl3FNO7S/c34-25-15-27(36)30(16-26(25)35)46(41,42)45-29(18-43-32(39)23-11-9-19-5-1-3-7-21(19)13-23)31(28(37)17-38)44-33(40)24-12-10-20-6-2-4-8-22(20)14-24/h1-17,28-29,31,38H,18H2/t28-,29-,31+/m1/s1. The summed E-state index contributed by atoms with van der Waals surface area (Å²) < 4.78 is 58.4. The van der Waals surface area contributed by atoms with E-state index < -0.39 is 51.9 Å². The summed E-state index contributed by atoms with van der Waals surface area (Å²) in [6, 6.07) is 25.8. The quantitative estimate of drug-likeness (QED) is 0.0639. The maximum atomic E-state index is 15.4. The third-order valence-corrected chi connectivity index (χ3v) is 9.45. The minimum Gasteiger partial charge on any atom is -0.459 e. The predicted molar refractivity (Wildman–Crippen MR) is 175 cm³/mol. The monoisotopic (exact) mass is 701 g/mol. The molecule has 46 heavy (non-hydrogen) atoms. The van der Waals surface area contributed by atoms with Crippen molar-refractivity contribution < 1.29 is 36.1 Å². The minimum absolute atomic E-state index is 0.0168. The van der Waals surface area contributed by atoms with Crippen LogP contribution >= 0.6 is 34.8 Å². The van der Waals surface area contributed by atoms with E-state index >= 15 is 4.39 Å². The van der Waals surface area contributed by atoms with Crippen molar-refractivity contribution in [3.05, 3.63) is 123 Å². The van der Waals surface area contributed by atoms with E-state index in [1.807, 2.05) is 24.3 Å². The zero-order chi connectivity index (χ0) is 33.0. The van der Waals surface area contributed by atoms with E-state index in [0.717, 1.165) is 28.3 Å². The molecule has 236 valence electrons. The Bertz CT molecular complexity index is 2080. The van der Waals surface area contributed by atoms with Gasteiger partial charge in [0.1, 0.15) is 11.5 Å². The number of benzene rings is 5. The molecule has 1 N–H and O–H groups in total. The Morgan fingerprint density at radius 1 is 0.739 bits per heavy atom. The van der Waals surface area contributed by atoms with Gasteiger partial charge in [-0.25, -0.2) is 14.0 Å². The van der Waals surface area contributed by atoms with Gasteiger partial charge in [-0.3, -0.25) is 4.18 Å². The smallest absolute Gasteiger partial charge is 0.338 e. The predicted octanol–water partition coefficient (Wildman–Crippen LogP) is 8.10. The van der Waals surface area contributed by atoms with E-state index in [9.17, 15) is 18.0 Å². The fourth-order valence-electron chi connectivity index (χ4n) is 4.59. The number of alkyl halides is 1. The summed E-state index contributed by atoms with van der Waals surface area (Å²) >= 11 is 18.1. The Hall–Kier alpha value is -4.06. The van der Waals surface area contributed by atoms with E-state index in [1.54, 1.807) is 42.5 Å². The first-order valence-corrected chi connectivity index (χ1v) is 16.1. The van der Waals surface area contributed by atoms with Gasteiger partial charge < -0.3 is 14.9 Å². The van der Waals surface area contributed by atoms with Gasteiger partial charge in [0.25, 0.3) is 10.1 Å². The van der Waals surface area contributed by atoms with E-state index in [0.29, 0.717) is 11.6 Å². The molecule has 5 aromatic rings. The van der Waals surface area contributed by atoms with E-state index in [2.05, 4.69) is 0 Å². The van der Waals surface area contributed by atoms with Gasteiger partial charge >= 0.3 is 11.9 Å². The average Bonchev–Trinajstić information content (AvgIpc) is 3.06.